The lowest BCUT2D eigenvalue weighted by Crippen LogP contribution is -2.57. The maximum absolute atomic E-state index is 12.3. The highest BCUT2D eigenvalue weighted by Gasteiger charge is 2.43. The van der Waals surface area contributed by atoms with Crippen LogP contribution >= 0.6 is 0 Å². The molecule has 0 aromatic carbocycles. The third-order valence-corrected chi connectivity index (χ3v) is 3.97. The molecule has 1 unspecified atom stereocenters. The van der Waals surface area contributed by atoms with Gasteiger partial charge in [-0.3, -0.25) is 9.78 Å². The Bertz CT molecular complexity index is 489. The van der Waals surface area contributed by atoms with Crippen LogP contribution in [0.25, 0.3) is 0 Å². The van der Waals surface area contributed by atoms with Crippen molar-refractivity contribution >= 4 is 11.9 Å². The number of carboxylic acid groups (broad SMARTS) is 1. The summed E-state index contributed by atoms with van der Waals surface area (Å²) in [6, 6.07) is 5.59. The number of aryl methyl sites for hydroxylation is 1. The first-order valence-electron chi connectivity index (χ1n) is 6.98. The van der Waals surface area contributed by atoms with Gasteiger partial charge in [-0.05, 0) is 44.7 Å². The minimum atomic E-state index is -1.06. The van der Waals surface area contributed by atoms with Crippen molar-refractivity contribution in [3.05, 3.63) is 30.1 Å². The summed E-state index contributed by atoms with van der Waals surface area (Å²) in [5.41, 5.74) is -0.200. The molecule has 1 fully saturated rings. The highest BCUT2D eigenvalue weighted by Crippen LogP contribution is 2.29. The first kappa shape index (κ1) is 14.5. The van der Waals surface area contributed by atoms with Crippen molar-refractivity contribution in [2.75, 3.05) is 6.54 Å². The second kappa shape index (κ2) is 6.03. The van der Waals surface area contributed by atoms with Gasteiger partial charge in [0, 0.05) is 24.9 Å². The lowest BCUT2D eigenvalue weighted by molar-refractivity contribution is -0.161. The molecule has 1 aliphatic rings. The van der Waals surface area contributed by atoms with E-state index < -0.39 is 11.5 Å². The van der Waals surface area contributed by atoms with Crippen LogP contribution in [0.2, 0.25) is 0 Å². The maximum Gasteiger partial charge on any atom is 0.329 e. The van der Waals surface area contributed by atoms with Gasteiger partial charge in [0.2, 0.25) is 5.91 Å². The maximum atomic E-state index is 12.3. The molecule has 1 amide bonds. The Morgan fingerprint density at radius 1 is 1.40 bits per heavy atom. The van der Waals surface area contributed by atoms with Gasteiger partial charge in [0.05, 0.1) is 0 Å². The third-order valence-electron chi connectivity index (χ3n) is 3.97. The molecule has 1 aliphatic heterocycles. The van der Waals surface area contributed by atoms with Crippen LogP contribution in [0, 0.1) is 0 Å². The van der Waals surface area contributed by atoms with Crippen LogP contribution in [-0.2, 0) is 16.0 Å². The molecule has 1 atom stereocenters. The number of carbonyl (C=O) groups excluding carboxylic acids is 1. The summed E-state index contributed by atoms with van der Waals surface area (Å²) in [6.45, 7) is 2.18. The first-order chi connectivity index (χ1) is 9.54. The molecule has 1 N–H and O–H groups in total. The summed E-state index contributed by atoms with van der Waals surface area (Å²) < 4.78 is 0. The van der Waals surface area contributed by atoms with Crippen LogP contribution in [0.4, 0.5) is 0 Å². The van der Waals surface area contributed by atoms with Crippen LogP contribution < -0.4 is 0 Å². The van der Waals surface area contributed by atoms with Gasteiger partial charge in [-0.1, -0.05) is 6.07 Å². The van der Waals surface area contributed by atoms with E-state index in [1.165, 1.54) is 4.90 Å². The normalized spacial score (nSPS) is 22.6. The summed E-state index contributed by atoms with van der Waals surface area (Å²) in [5.74, 6) is -1.01. The first-order valence-corrected chi connectivity index (χ1v) is 6.98. The van der Waals surface area contributed by atoms with Crippen molar-refractivity contribution in [2.45, 2.75) is 44.6 Å². The largest absolute Gasteiger partial charge is 0.480 e. The Morgan fingerprint density at radius 2 is 2.20 bits per heavy atom. The molecular weight excluding hydrogens is 256 g/mol. The number of aliphatic carboxylic acids is 1. The minimum absolute atomic E-state index is 0.0970. The molecule has 108 valence electrons. The van der Waals surface area contributed by atoms with E-state index in [9.17, 15) is 14.7 Å². The summed E-state index contributed by atoms with van der Waals surface area (Å²) in [5, 5.41) is 9.40. The number of amides is 1. The number of nitrogens with zero attached hydrogens (tertiary/aromatic N) is 2. The zero-order chi connectivity index (χ0) is 14.6. The van der Waals surface area contributed by atoms with E-state index in [0.717, 1.165) is 18.5 Å². The number of hydrogen-bond acceptors (Lipinski definition) is 3. The second-order valence-electron chi connectivity index (χ2n) is 5.40. The third kappa shape index (κ3) is 2.98. The van der Waals surface area contributed by atoms with Crippen LogP contribution in [-0.4, -0.2) is 39.0 Å². The van der Waals surface area contributed by atoms with Crippen molar-refractivity contribution in [3.8, 4) is 0 Å². The molecule has 0 bridgehead atoms. The molecule has 2 heterocycles. The lowest BCUT2D eigenvalue weighted by atomic mass is 9.88. The highest BCUT2D eigenvalue weighted by molar-refractivity contribution is 5.87. The van der Waals surface area contributed by atoms with E-state index in [4.69, 9.17) is 0 Å². The number of pyridine rings is 1. The predicted octanol–water partition coefficient (Wildman–Crippen LogP) is 1.87. The summed E-state index contributed by atoms with van der Waals surface area (Å²) in [4.78, 5) is 29.5. The van der Waals surface area contributed by atoms with Gasteiger partial charge in [-0.2, -0.15) is 0 Å². The zero-order valence-electron chi connectivity index (χ0n) is 11.7. The molecule has 1 saturated heterocycles. The van der Waals surface area contributed by atoms with Gasteiger partial charge in [-0.15, -0.1) is 0 Å². The van der Waals surface area contributed by atoms with Gasteiger partial charge in [0.1, 0.15) is 5.54 Å². The Labute approximate surface area is 118 Å². The molecular formula is C15H20N2O3. The van der Waals surface area contributed by atoms with Gasteiger partial charge < -0.3 is 10.0 Å². The average molecular weight is 276 g/mol. The van der Waals surface area contributed by atoms with Crippen LogP contribution in [0.5, 0.6) is 0 Å². The molecule has 5 nitrogen and oxygen atoms in total. The molecule has 0 saturated carbocycles. The predicted molar refractivity (Wildman–Crippen MR) is 74.2 cm³/mol. The molecule has 0 spiro atoms. The van der Waals surface area contributed by atoms with Crippen molar-refractivity contribution in [1.29, 1.82) is 0 Å². The SMILES string of the molecule is CC1(C(=O)O)CCCCN1C(=O)CCc1ccccn1. The topological polar surface area (TPSA) is 70.5 Å². The molecule has 0 aliphatic carbocycles. The van der Waals surface area contributed by atoms with Crippen molar-refractivity contribution in [3.63, 3.8) is 0 Å². The van der Waals surface area contributed by atoms with Crippen LogP contribution in [0.15, 0.2) is 24.4 Å². The highest BCUT2D eigenvalue weighted by atomic mass is 16.4. The van der Waals surface area contributed by atoms with Gasteiger partial charge in [-0.25, -0.2) is 4.79 Å². The number of rotatable bonds is 4. The van der Waals surface area contributed by atoms with E-state index in [-0.39, 0.29) is 5.91 Å². The average Bonchev–Trinajstić information content (AvgIpc) is 2.46. The van der Waals surface area contributed by atoms with Crippen molar-refractivity contribution in [2.24, 2.45) is 0 Å². The quantitative estimate of drug-likeness (QED) is 0.911. The molecule has 5 heteroatoms. The number of likely N-dealkylation sites (tertiary alicyclic amines) is 1. The van der Waals surface area contributed by atoms with Crippen molar-refractivity contribution in [1.82, 2.24) is 9.88 Å². The number of aromatic nitrogens is 1. The summed E-state index contributed by atoms with van der Waals surface area (Å²) in [6.07, 6.45) is 4.80. The Kier molecular flexibility index (Phi) is 4.37. The molecule has 1 aromatic rings. The summed E-state index contributed by atoms with van der Waals surface area (Å²) >= 11 is 0. The van der Waals surface area contributed by atoms with E-state index >= 15 is 0 Å². The van der Waals surface area contributed by atoms with Gasteiger partial charge in [0.15, 0.2) is 0 Å². The number of carbonyl (C=O) groups is 2. The standard InChI is InChI=1S/C15H20N2O3/c1-15(14(19)20)9-3-5-11-17(15)13(18)8-7-12-6-2-4-10-16-12/h2,4,6,10H,3,5,7-9,11H2,1H3,(H,19,20). The number of piperidine rings is 1. The van der Waals surface area contributed by atoms with E-state index in [1.807, 2.05) is 18.2 Å². The van der Waals surface area contributed by atoms with E-state index in [1.54, 1.807) is 13.1 Å². The van der Waals surface area contributed by atoms with Gasteiger partial charge >= 0.3 is 5.97 Å². The molecule has 1 aromatic heterocycles. The fourth-order valence-electron chi connectivity index (χ4n) is 2.66. The second-order valence-corrected chi connectivity index (χ2v) is 5.40. The van der Waals surface area contributed by atoms with Gasteiger partial charge in [0.25, 0.3) is 0 Å². The van der Waals surface area contributed by atoms with E-state index in [0.29, 0.717) is 25.8 Å². The van der Waals surface area contributed by atoms with Crippen molar-refractivity contribution < 1.29 is 14.7 Å². The number of hydrogen-bond donors (Lipinski definition) is 1. The fourth-order valence-corrected chi connectivity index (χ4v) is 2.66. The van der Waals surface area contributed by atoms with Crippen LogP contribution in [0.3, 0.4) is 0 Å². The molecule has 0 radical (unpaired) electrons. The fraction of sp³-hybridized carbons (Fsp3) is 0.533. The summed E-state index contributed by atoms with van der Waals surface area (Å²) in [7, 11) is 0. The molecule has 20 heavy (non-hydrogen) atoms. The smallest absolute Gasteiger partial charge is 0.329 e. The minimum Gasteiger partial charge on any atom is -0.480 e. The zero-order valence-corrected chi connectivity index (χ0v) is 11.7. The molecule has 2 rings (SSSR count). The Balaban J connectivity index is 2.02. The lowest BCUT2D eigenvalue weighted by Gasteiger charge is -2.41. The monoisotopic (exact) mass is 276 g/mol. The Hall–Kier alpha value is -1.91. The number of carboxylic acids is 1. The van der Waals surface area contributed by atoms with E-state index in [2.05, 4.69) is 4.98 Å². The Morgan fingerprint density at radius 3 is 2.85 bits per heavy atom. The van der Waals surface area contributed by atoms with Crippen LogP contribution in [0.1, 0.15) is 38.3 Å².